The van der Waals surface area contributed by atoms with Crippen LogP contribution in [0.5, 0.6) is 0 Å². The average Bonchev–Trinajstić information content (AvgIpc) is 3.02. The van der Waals surface area contributed by atoms with E-state index in [2.05, 4.69) is 27.2 Å². The Kier molecular flexibility index (Phi) is 4.31. The standard InChI is InChI=1S/C20H18ClN5/c1-13-17(11-14-6-3-2-4-7-14)19(22)26-20(23-13)24-18(25-26)12-15-8-5-9-16(21)10-15/h2-10H,11-12,22H2,1H3. The Morgan fingerprint density at radius 3 is 2.50 bits per heavy atom. The smallest absolute Gasteiger partial charge is 0.254 e. The number of benzene rings is 2. The molecular formula is C20H18ClN5. The normalized spacial score (nSPS) is 11.2. The van der Waals surface area contributed by atoms with Gasteiger partial charge in [0, 0.05) is 29.1 Å². The second kappa shape index (κ2) is 6.77. The van der Waals surface area contributed by atoms with Gasteiger partial charge in [0.05, 0.1) is 0 Å². The van der Waals surface area contributed by atoms with Gasteiger partial charge in [-0.1, -0.05) is 54.1 Å². The molecule has 2 aromatic heterocycles. The minimum Gasteiger partial charge on any atom is -0.383 e. The fraction of sp³-hybridized carbons (Fsp3) is 0.150. The molecule has 0 saturated carbocycles. The maximum absolute atomic E-state index is 6.40. The van der Waals surface area contributed by atoms with Gasteiger partial charge >= 0.3 is 0 Å². The van der Waals surface area contributed by atoms with Crippen LogP contribution in [-0.2, 0) is 12.8 Å². The van der Waals surface area contributed by atoms with Crippen LogP contribution >= 0.6 is 11.6 Å². The number of hydrogen-bond acceptors (Lipinski definition) is 4. The maximum atomic E-state index is 6.40. The van der Waals surface area contributed by atoms with E-state index in [4.69, 9.17) is 17.3 Å². The van der Waals surface area contributed by atoms with Crippen molar-refractivity contribution in [1.82, 2.24) is 19.6 Å². The Morgan fingerprint density at radius 2 is 1.73 bits per heavy atom. The topological polar surface area (TPSA) is 69.1 Å². The molecule has 0 aliphatic carbocycles. The summed E-state index contributed by atoms with van der Waals surface area (Å²) in [7, 11) is 0. The predicted octanol–water partition coefficient (Wildman–Crippen LogP) is 3.85. The first-order chi connectivity index (χ1) is 12.6. The zero-order chi connectivity index (χ0) is 18.1. The summed E-state index contributed by atoms with van der Waals surface area (Å²) in [5.74, 6) is 1.78. The number of halogens is 1. The molecule has 2 aromatic carbocycles. The molecule has 2 N–H and O–H groups in total. The fourth-order valence-electron chi connectivity index (χ4n) is 3.03. The second-order valence-corrected chi connectivity index (χ2v) is 6.71. The molecule has 4 rings (SSSR count). The van der Waals surface area contributed by atoms with Crippen LogP contribution in [0.4, 0.5) is 5.82 Å². The van der Waals surface area contributed by atoms with Gasteiger partial charge in [0.15, 0.2) is 5.82 Å². The van der Waals surface area contributed by atoms with Crippen molar-refractivity contribution < 1.29 is 0 Å². The minimum atomic E-state index is 0.522. The quantitative estimate of drug-likeness (QED) is 0.598. The molecule has 0 amide bonds. The van der Waals surface area contributed by atoms with E-state index in [9.17, 15) is 0 Å². The first-order valence-electron chi connectivity index (χ1n) is 8.39. The molecule has 26 heavy (non-hydrogen) atoms. The highest BCUT2D eigenvalue weighted by atomic mass is 35.5. The highest BCUT2D eigenvalue weighted by molar-refractivity contribution is 6.30. The zero-order valence-corrected chi connectivity index (χ0v) is 15.1. The Bertz CT molecular complexity index is 1070. The molecule has 0 aliphatic heterocycles. The first kappa shape index (κ1) is 16.5. The summed E-state index contributed by atoms with van der Waals surface area (Å²) in [6.07, 6.45) is 1.29. The van der Waals surface area contributed by atoms with Crippen LogP contribution in [-0.4, -0.2) is 19.6 Å². The number of rotatable bonds is 4. The minimum absolute atomic E-state index is 0.522. The number of nitrogens with zero attached hydrogens (tertiary/aromatic N) is 4. The van der Waals surface area contributed by atoms with Crippen LogP contribution in [0.3, 0.4) is 0 Å². The Hall–Kier alpha value is -2.92. The zero-order valence-electron chi connectivity index (χ0n) is 14.4. The highest BCUT2D eigenvalue weighted by Crippen LogP contribution is 2.21. The number of nitrogen functional groups attached to an aromatic ring is 1. The molecule has 0 spiro atoms. The van der Waals surface area contributed by atoms with Gasteiger partial charge in [0.2, 0.25) is 0 Å². The Labute approximate surface area is 156 Å². The van der Waals surface area contributed by atoms with Crippen molar-refractivity contribution in [2.24, 2.45) is 0 Å². The summed E-state index contributed by atoms with van der Waals surface area (Å²) in [4.78, 5) is 9.12. The molecule has 0 saturated heterocycles. The predicted molar refractivity (Wildman–Crippen MR) is 103 cm³/mol. The Morgan fingerprint density at radius 1 is 0.962 bits per heavy atom. The van der Waals surface area contributed by atoms with Gasteiger partial charge in [-0.3, -0.25) is 0 Å². The molecule has 0 unspecified atom stereocenters. The van der Waals surface area contributed by atoms with Gasteiger partial charge < -0.3 is 5.73 Å². The number of hydrogen-bond donors (Lipinski definition) is 1. The van der Waals surface area contributed by atoms with Crippen molar-refractivity contribution in [3.05, 3.63) is 87.8 Å². The molecule has 2 heterocycles. The molecule has 0 radical (unpaired) electrons. The van der Waals surface area contributed by atoms with E-state index in [0.717, 1.165) is 16.8 Å². The van der Waals surface area contributed by atoms with Gasteiger partial charge in [-0.05, 0) is 30.2 Å². The summed E-state index contributed by atoms with van der Waals surface area (Å²) in [6.45, 7) is 1.96. The van der Waals surface area contributed by atoms with Crippen LogP contribution in [0.25, 0.3) is 5.78 Å². The SMILES string of the molecule is Cc1nc2nc(Cc3cccc(Cl)c3)nn2c(N)c1Cc1ccccc1. The molecule has 5 nitrogen and oxygen atoms in total. The lowest BCUT2D eigenvalue weighted by molar-refractivity contribution is 0.882. The molecule has 4 aromatic rings. The highest BCUT2D eigenvalue weighted by Gasteiger charge is 2.15. The van der Waals surface area contributed by atoms with Crippen molar-refractivity contribution in [2.45, 2.75) is 19.8 Å². The van der Waals surface area contributed by atoms with E-state index in [1.54, 1.807) is 4.52 Å². The van der Waals surface area contributed by atoms with Crippen LogP contribution in [0.15, 0.2) is 54.6 Å². The van der Waals surface area contributed by atoms with Crippen molar-refractivity contribution in [3.63, 3.8) is 0 Å². The van der Waals surface area contributed by atoms with E-state index >= 15 is 0 Å². The summed E-state index contributed by atoms with van der Waals surface area (Å²) in [5.41, 5.74) is 10.5. The molecule has 0 bridgehead atoms. The van der Waals surface area contributed by atoms with Crippen molar-refractivity contribution in [3.8, 4) is 0 Å². The summed E-state index contributed by atoms with van der Waals surface area (Å²) >= 11 is 6.06. The van der Waals surface area contributed by atoms with Gasteiger partial charge in [-0.25, -0.2) is 4.98 Å². The van der Waals surface area contributed by atoms with Gasteiger partial charge in [0.1, 0.15) is 5.82 Å². The van der Waals surface area contributed by atoms with Crippen LogP contribution in [0.1, 0.15) is 28.2 Å². The molecule has 6 heteroatoms. The maximum Gasteiger partial charge on any atom is 0.254 e. The molecule has 0 fully saturated rings. The fourth-order valence-corrected chi connectivity index (χ4v) is 3.25. The van der Waals surface area contributed by atoms with Crippen molar-refractivity contribution in [2.75, 3.05) is 5.73 Å². The van der Waals surface area contributed by atoms with E-state index in [1.807, 2.05) is 49.4 Å². The van der Waals surface area contributed by atoms with E-state index in [1.165, 1.54) is 5.56 Å². The Balaban J connectivity index is 1.71. The van der Waals surface area contributed by atoms with E-state index in [-0.39, 0.29) is 0 Å². The molecule has 0 aliphatic rings. The third kappa shape index (κ3) is 3.26. The van der Waals surface area contributed by atoms with E-state index < -0.39 is 0 Å². The van der Waals surface area contributed by atoms with E-state index in [0.29, 0.717) is 35.3 Å². The summed E-state index contributed by atoms with van der Waals surface area (Å²) in [5, 5.41) is 5.25. The molecular weight excluding hydrogens is 346 g/mol. The third-order valence-corrected chi connectivity index (χ3v) is 4.59. The van der Waals surface area contributed by atoms with Crippen LogP contribution < -0.4 is 5.73 Å². The average molecular weight is 364 g/mol. The number of aromatic nitrogens is 4. The van der Waals surface area contributed by atoms with Crippen LogP contribution in [0.2, 0.25) is 5.02 Å². The number of anilines is 1. The van der Waals surface area contributed by atoms with Crippen LogP contribution in [0, 0.1) is 6.92 Å². The first-order valence-corrected chi connectivity index (χ1v) is 8.77. The monoisotopic (exact) mass is 363 g/mol. The summed E-state index contributed by atoms with van der Waals surface area (Å²) < 4.78 is 1.63. The third-order valence-electron chi connectivity index (χ3n) is 4.35. The summed E-state index contributed by atoms with van der Waals surface area (Å²) in [6, 6.07) is 17.9. The molecule has 130 valence electrons. The van der Waals surface area contributed by atoms with Crippen molar-refractivity contribution >= 4 is 23.2 Å². The molecule has 0 atom stereocenters. The number of fused-ring (bicyclic) bond motifs is 1. The van der Waals surface area contributed by atoms with Gasteiger partial charge in [-0.2, -0.15) is 9.50 Å². The lowest BCUT2D eigenvalue weighted by Gasteiger charge is -2.09. The lowest BCUT2D eigenvalue weighted by atomic mass is 10.0. The van der Waals surface area contributed by atoms with Gasteiger partial charge in [0.25, 0.3) is 5.78 Å². The number of nitrogens with two attached hydrogens (primary N) is 1. The lowest BCUT2D eigenvalue weighted by Crippen LogP contribution is -2.09. The van der Waals surface area contributed by atoms with Gasteiger partial charge in [-0.15, -0.1) is 5.10 Å². The number of aryl methyl sites for hydroxylation is 1. The largest absolute Gasteiger partial charge is 0.383 e. The second-order valence-electron chi connectivity index (χ2n) is 6.27. The van der Waals surface area contributed by atoms with Crippen molar-refractivity contribution in [1.29, 1.82) is 0 Å².